The van der Waals surface area contributed by atoms with E-state index in [2.05, 4.69) is 5.32 Å². The van der Waals surface area contributed by atoms with Gasteiger partial charge < -0.3 is 14.6 Å². The highest BCUT2D eigenvalue weighted by Crippen LogP contribution is 2.24. The van der Waals surface area contributed by atoms with E-state index < -0.39 is 0 Å². The van der Waals surface area contributed by atoms with Gasteiger partial charge in [-0.05, 0) is 42.5 Å². The number of carbonyl (C=O) groups is 1. The third kappa shape index (κ3) is 3.93. The molecule has 23 heavy (non-hydrogen) atoms. The SMILES string of the molecule is O=C(COc1ccccc1)Nc1ccc(Cl)cc1-n1cccc1. The van der Waals surface area contributed by atoms with Crippen molar-refractivity contribution >= 4 is 23.2 Å². The monoisotopic (exact) mass is 326 g/mol. The summed E-state index contributed by atoms with van der Waals surface area (Å²) >= 11 is 6.06. The van der Waals surface area contributed by atoms with E-state index >= 15 is 0 Å². The van der Waals surface area contributed by atoms with Gasteiger partial charge in [-0.1, -0.05) is 29.8 Å². The molecular weight excluding hydrogens is 312 g/mol. The molecule has 0 aliphatic rings. The summed E-state index contributed by atoms with van der Waals surface area (Å²) in [6.07, 6.45) is 3.78. The van der Waals surface area contributed by atoms with E-state index in [1.807, 2.05) is 47.3 Å². The molecule has 0 unspecified atom stereocenters. The molecule has 2 aromatic carbocycles. The molecule has 0 aliphatic carbocycles. The number of carbonyl (C=O) groups excluding carboxylic acids is 1. The van der Waals surface area contributed by atoms with Crippen LogP contribution in [0.15, 0.2) is 73.1 Å². The first-order chi connectivity index (χ1) is 11.2. The van der Waals surface area contributed by atoms with E-state index in [-0.39, 0.29) is 12.5 Å². The van der Waals surface area contributed by atoms with Gasteiger partial charge in [-0.2, -0.15) is 0 Å². The zero-order chi connectivity index (χ0) is 16.1. The van der Waals surface area contributed by atoms with Crippen LogP contribution in [0.25, 0.3) is 5.69 Å². The summed E-state index contributed by atoms with van der Waals surface area (Å²) in [5, 5.41) is 3.46. The van der Waals surface area contributed by atoms with Crippen LogP contribution in [0.2, 0.25) is 5.02 Å². The van der Waals surface area contributed by atoms with Crippen LogP contribution in [-0.4, -0.2) is 17.1 Å². The summed E-state index contributed by atoms with van der Waals surface area (Å²) < 4.78 is 7.34. The number of amides is 1. The van der Waals surface area contributed by atoms with Crippen molar-refractivity contribution in [3.8, 4) is 11.4 Å². The molecule has 0 radical (unpaired) electrons. The number of nitrogens with one attached hydrogen (secondary N) is 1. The number of para-hydroxylation sites is 1. The van der Waals surface area contributed by atoms with Crippen molar-refractivity contribution in [2.75, 3.05) is 11.9 Å². The molecular formula is C18H15ClN2O2. The number of halogens is 1. The molecule has 3 rings (SSSR count). The lowest BCUT2D eigenvalue weighted by molar-refractivity contribution is -0.118. The van der Waals surface area contributed by atoms with Gasteiger partial charge in [0.05, 0.1) is 11.4 Å². The fourth-order valence-corrected chi connectivity index (χ4v) is 2.34. The molecule has 0 saturated heterocycles. The maximum absolute atomic E-state index is 12.1. The molecule has 0 fully saturated rings. The summed E-state index contributed by atoms with van der Waals surface area (Å²) in [4.78, 5) is 12.1. The van der Waals surface area contributed by atoms with Crippen molar-refractivity contribution in [3.63, 3.8) is 0 Å². The molecule has 0 saturated carbocycles. The summed E-state index contributed by atoms with van der Waals surface area (Å²) in [7, 11) is 0. The second kappa shape index (κ2) is 7.03. The first-order valence-corrected chi connectivity index (χ1v) is 7.51. The number of rotatable bonds is 5. The number of hydrogen-bond acceptors (Lipinski definition) is 2. The number of ether oxygens (including phenoxy) is 1. The van der Waals surface area contributed by atoms with Gasteiger partial charge in [0.25, 0.3) is 5.91 Å². The number of anilines is 1. The van der Waals surface area contributed by atoms with Crippen LogP contribution < -0.4 is 10.1 Å². The van der Waals surface area contributed by atoms with E-state index in [1.165, 1.54) is 0 Å². The first-order valence-electron chi connectivity index (χ1n) is 7.13. The number of aromatic nitrogens is 1. The van der Waals surface area contributed by atoms with Gasteiger partial charge in [0.15, 0.2) is 6.61 Å². The molecule has 116 valence electrons. The Morgan fingerprint density at radius 2 is 1.78 bits per heavy atom. The minimum Gasteiger partial charge on any atom is -0.484 e. The fourth-order valence-electron chi connectivity index (χ4n) is 2.17. The van der Waals surface area contributed by atoms with Gasteiger partial charge in [-0.25, -0.2) is 0 Å². The van der Waals surface area contributed by atoms with E-state index in [4.69, 9.17) is 16.3 Å². The van der Waals surface area contributed by atoms with Crippen LogP contribution in [0, 0.1) is 0 Å². The average molecular weight is 327 g/mol. The Morgan fingerprint density at radius 1 is 1.04 bits per heavy atom. The van der Waals surface area contributed by atoms with Crippen molar-refractivity contribution < 1.29 is 9.53 Å². The topological polar surface area (TPSA) is 43.3 Å². The average Bonchev–Trinajstić information content (AvgIpc) is 3.10. The second-order valence-corrected chi connectivity index (χ2v) is 5.34. The first kappa shape index (κ1) is 15.2. The van der Waals surface area contributed by atoms with Crippen LogP contribution in [0.3, 0.4) is 0 Å². The van der Waals surface area contributed by atoms with Crippen LogP contribution in [-0.2, 0) is 4.79 Å². The van der Waals surface area contributed by atoms with E-state index in [0.29, 0.717) is 16.5 Å². The number of nitrogens with zero attached hydrogens (tertiary/aromatic N) is 1. The standard InChI is InChI=1S/C18H15ClN2O2/c19-14-8-9-16(17(12-14)21-10-4-5-11-21)20-18(22)13-23-15-6-2-1-3-7-15/h1-12H,13H2,(H,20,22). The predicted molar refractivity (Wildman–Crippen MR) is 91.3 cm³/mol. The molecule has 4 nitrogen and oxygen atoms in total. The van der Waals surface area contributed by atoms with E-state index in [0.717, 1.165) is 5.69 Å². The summed E-state index contributed by atoms with van der Waals surface area (Å²) in [5.41, 5.74) is 1.47. The molecule has 1 aromatic heterocycles. The zero-order valence-corrected chi connectivity index (χ0v) is 13.0. The molecule has 0 aliphatic heterocycles. The van der Waals surface area contributed by atoms with Gasteiger partial charge in [0.1, 0.15) is 5.75 Å². The molecule has 1 amide bonds. The minimum absolute atomic E-state index is 0.0578. The third-order valence-electron chi connectivity index (χ3n) is 3.23. The van der Waals surface area contributed by atoms with Crippen molar-refractivity contribution in [1.29, 1.82) is 0 Å². The Hall–Kier alpha value is -2.72. The Balaban J connectivity index is 1.71. The van der Waals surface area contributed by atoms with Crippen molar-refractivity contribution in [2.45, 2.75) is 0 Å². The van der Waals surface area contributed by atoms with Crippen molar-refractivity contribution in [1.82, 2.24) is 4.57 Å². The smallest absolute Gasteiger partial charge is 0.262 e. The Labute approximate surface area is 139 Å². The van der Waals surface area contributed by atoms with Gasteiger partial charge in [-0.3, -0.25) is 4.79 Å². The fraction of sp³-hybridized carbons (Fsp3) is 0.0556. The van der Waals surface area contributed by atoms with Crippen LogP contribution in [0.1, 0.15) is 0 Å². The van der Waals surface area contributed by atoms with Crippen LogP contribution in [0.4, 0.5) is 5.69 Å². The molecule has 0 spiro atoms. The third-order valence-corrected chi connectivity index (χ3v) is 3.46. The van der Waals surface area contributed by atoms with Crippen molar-refractivity contribution in [3.05, 3.63) is 78.1 Å². The van der Waals surface area contributed by atoms with Gasteiger partial charge >= 0.3 is 0 Å². The van der Waals surface area contributed by atoms with Crippen molar-refractivity contribution in [2.24, 2.45) is 0 Å². The largest absolute Gasteiger partial charge is 0.484 e. The van der Waals surface area contributed by atoms with Gasteiger partial charge in [0.2, 0.25) is 0 Å². The van der Waals surface area contributed by atoms with E-state index in [9.17, 15) is 4.79 Å². The number of hydrogen-bond donors (Lipinski definition) is 1. The Morgan fingerprint density at radius 3 is 2.52 bits per heavy atom. The predicted octanol–water partition coefficient (Wildman–Crippen LogP) is 4.15. The molecule has 1 N–H and O–H groups in total. The van der Waals surface area contributed by atoms with Crippen LogP contribution in [0.5, 0.6) is 5.75 Å². The molecule has 0 atom stereocenters. The molecule has 0 bridgehead atoms. The number of benzene rings is 2. The van der Waals surface area contributed by atoms with Gasteiger partial charge in [0, 0.05) is 17.4 Å². The lowest BCUT2D eigenvalue weighted by atomic mass is 10.2. The van der Waals surface area contributed by atoms with Gasteiger partial charge in [-0.15, -0.1) is 0 Å². The quantitative estimate of drug-likeness (QED) is 0.765. The molecule has 3 aromatic rings. The maximum atomic E-state index is 12.1. The molecule has 5 heteroatoms. The highest BCUT2D eigenvalue weighted by atomic mass is 35.5. The summed E-state index contributed by atoms with van der Waals surface area (Å²) in [6.45, 7) is -0.0578. The Kier molecular flexibility index (Phi) is 4.64. The summed E-state index contributed by atoms with van der Waals surface area (Å²) in [5.74, 6) is 0.425. The highest BCUT2D eigenvalue weighted by Gasteiger charge is 2.09. The Bertz CT molecular complexity index is 786. The summed E-state index contributed by atoms with van der Waals surface area (Å²) in [6, 6.07) is 18.4. The molecule has 1 heterocycles. The lowest BCUT2D eigenvalue weighted by Gasteiger charge is -2.13. The van der Waals surface area contributed by atoms with Crippen LogP contribution >= 0.6 is 11.6 Å². The van der Waals surface area contributed by atoms with E-state index in [1.54, 1.807) is 30.3 Å². The lowest BCUT2D eigenvalue weighted by Crippen LogP contribution is -2.21. The normalized spacial score (nSPS) is 10.3. The highest BCUT2D eigenvalue weighted by molar-refractivity contribution is 6.30. The maximum Gasteiger partial charge on any atom is 0.262 e. The zero-order valence-electron chi connectivity index (χ0n) is 12.3. The second-order valence-electron chi connectivity index (χ2n) is 4.90. The minimum atomic E-state index is -0.232.